The molecule has 4 unspecified atom stereocenters. The molecule has 0 heterocycles. The maximum Gasteiger partial charge on any atom is 0.169 e. The molecule has 13 heavy (non-hydrogen) atoms. The van der Waals surface area contributed by atoms with Crippen LogP contribution in [0.4, 0.5) is 0 Å². The standard InChI is InChI=1S/C8H19NOP2S/c1-5(2)12-8(10)7(4-13)9-6(3)11/h5-7,9,12-13H,4,11H2,1-3H3. The first-order chi connectivity index (χ1) is 5.97. The molecular formula is C8H19NOP2S. The minimum atomic E-state index is -0.0865. The Labute approximate surface area is 90.4 Å². The van der Waals surface area contributed by atoms with E-state index in [1.165, 1.54) is 0 Å². The molecule has 0 saturated carbocycles. The molecule has 5 heteroatoms. The fraction of sp³-hybridized carbons (Fsp3) is 0.875. The Morgan fingerprint density at radius 1 is 1.54 bits per heavy atom. The van der Waals surface area contributed by atoms with Crippen molar-refractivity contribution in [2.75, 3.05) is 5.75 Å². The number of hydrogen-bond donors (Lipinski definition) is 2. The van der Waals surface area contributed by atoms with Crippen LogP contribution in [0.25, 0.3) is 0 Å². The summed E-state index contributed by atoms with van der Waals surface area (Å²) in [4.78, 5) is 11.6. The van der Waals surface area contributed by atoms with Crippen LogP contribution in [0.15, 0.2) is 0 Å². The van der Waals surface area contributed by atoms with Gasteiger partial charge < -0.3 is 5.32 Å². The van der Waals surface area contributed by atoms with Gasteiger partial charge in [-0.3, -0.25) is 4.79 Å². The Morgan fingerprint density at radius 3 is 2.38 bits per heavy atom. The minimum Gasteiger partial charge on any atom is -0.301 e. The highest BCUT2D eigenvalue weighted by molar-refractivity contribution is 7.80. The largest absolute Gasteiger partial charge is 0.301 e. The van der Waals surface area contributed by atoms with E-state index in [1.807, 2.05) is 6.92 Å². The Morgan fingerprint density at radius 2 is 2.08 bits per heavy atom. The third-order valence-electron chi connectivity index (χ3n) is 1.39. The summed E-state index contributed by atoms with van der Waals surface area (Å²) in [5, 5.41) is 3.18. The van der Waals surface area contributed by atoms with Crippen molar-refractivity contribution in [3.8, 4) is 0 Å². The summed E-state index contributed by atoms with van der Waals surface area (Å²) in [5.74, 6) is 0.843. The second-order valence-corrected chi connectivity index (χ2v) is 6.66. The molecule has 0 aliphatic heterocycles. The van der Waals surface area contributed by atoms with Crippen molar-refractivity contribution in [2.45, 2.75) is 38.3 Å². The van der Waals surface area contributed by atoms with Gasteiger partial charge in [0.05, 0.1) is 6.04 Å². The van der Waals surface area contributed by atoms with Gasteiger partial charge in [0, 0.05) is 11.5 Å². The summed E-state index contributed by atoms with van der Waals surface area (Å²) in [6, 6.07) is -0.0865. The van der Waals surface area contributed by atoms with E-state index in [1.54, 1.807) is 0 Å². The molecule has 0 amide bonds. The molecule has 0 spiro atoms. The van der Waals surface area contributed by atoms with E-state index in [0.29, 0.717) is 25.5 Å². The lowest BCUT2D eigenvalue weighted by Crippen LogP contribution is -2.39. The van der Waals surface area contributed by atoms with Crippen LogP contribution in [0, 0.1) is 0 Å². The van der Waals surface area contributed by atoms with E-state index in [9.17, 15) is 4.79 Å². The van der Waals surface area contributed by atoms with E-state index >= 15 is 0 Å². The summed E-state index contributed by atoms with van der Waals surface area (Å²) in [5.41, 5.74) is 0.746. The molecule has 0 radical (unpaired) electrons. The molecule has 0 aliphatic carbocycles. The number of rotatable bonds is 6. The zero-order valence-corrected chi connectivity index (χ0v) is 11.4. The quantitative estimate of drug-likeness (QED) is 0.546. The highest BCUT2D eigenvalue weighted by atomic mass is 32.1. The van der Waals surface area contributed by atoms with Crippen molar-refractivity contribution in [1.29, 1.82) is 0 Å². The van der Waals surface area contributed by atoms with E-state index in [0.717, 1.165) is 0 Å². The van der Waals surface area contributed by atoms with Crippen LogP contribution in [-0.4, -0.2) is 28.8 Å². The highest BCUT2D eigenvalue weighted by Crippen LogP contribution is 2.21. The summed E-state index contributed by atoms with van der Waals surface area (Å²) in [6.07, 6.45) is 0. The van der Waals surface area contributed by atoms with Crippen LogP contribution in [0.1, 0.15) is 20.8 Å². The Kier molecular flexibility index (Phi) is 7.64. The summed E-state index contributed by atoms with van der Waals surface area (Å²) < 4.78 is 0. The van der Waals surface area contributed by atoms with Gasteiger partial charge in [0.2, 0.25) is 0 Å². The lowest BCUT2D eigenvalue weighted by Gasteiger charge is -2.18. The summed E-state index contributed by atoms with van der Waals surface area (Å²) in [7, 11) is 3.02. The molecule has 0 bridgehead atoms. The normalized spacial score (nSPS) is 16.8. The van der Waals surface area contributed by atoms with Gasteiger partial charge in [-0.15, -0.1) is 9.24 Å². The summed E-state index contributed by atoms with van der Waals surface area (Å²) in [6.45, 7) is 6.14. The molecule has 2 nitrogen and oxygen atoms in total. The van der Waals surface area contributed by atoms with Gasteiger partial charge in [0.1, 0.15) is 0 Å². The number of hydrogen-bond acceptors (Lipinski definition) is 3. The monoisotopic (exact) mass is 239 g/mol. The maximum absolute atomic E-state index is 11.6. The predicted molar refractivity (Wildman–Crippen MR) is 68.4 cm³/mol. The van der Waals surface area contributed by atoms with Crippen molar-refractivity contribution in [3.05, 3.63) is 0 Å². The summed E-state index contributed by atoms with van der Waals surface area (Å²) >= 11 is 4.16. The van der Waals surface area contributed by atoms with E-state index in [-0.39, 0.29) is 11.8 Å². The van der Waals surface area contributed by atoms with E-state index in [2.05, 4.69) is 41.0 Å². The number of thiol groups is 1. The van der Waals surface area contributed by atoms with Gasteiger partial charge in [-0.25, -0.2) is 0 Å². The molecule has 4 atom stereocenters. The van der Waals surface area contributed by atoms with Gasteiger partial charge in [-0.1, -0.05) is 13.8 Å². The van der Waals surface area contributed by atoms with Gasteiger partial charge in [0.15, 0.2) is 5.52 Å². The first kappa shape index (κ1) is 13.8. The van der Waals surface area contributed by atoms with Crippen LogP contribution >= 0.6 is 30.4 Å². The molecule has 0 rings (SSSR count). The molecule has 0 fully saturated rings. The molecule has 78 valence electrons. The minimum absolute atomic E-state index is 0.0865. The third kappa shape index (κ3) is 6.85. The molecular weight excluding hydrogens is 220 g/mol. The van der Waals surface area contributed by atoms with Crippen molar-refractivity contribution < 1.29 is 4.79 Å². The number of carbonyl (C=O) groups is 1. The topological polar surface area (TPSA) is 29.1 Å². The van der Waals surface area contributed by atoms with Crippen LogP contribution < -0.4 is 5.32 Å². The van der Waals surface area contributed by atoms with Crippen LogP contribution in [0.5, 0.6) is 0 Å². The fourth-order valence-corrected chi connectivity index (χ4v) is 2.54. The first-order valence-electron chi connectivity index (χ1n) is 4.40. The molecule has 0 aromatic heterocycles. The van der Waals surface area contributed by atoms with Gasteiger partial charge >= 0.3 is 0 Å². The van der Waals surface area contributed by atoms with E-state index in [4.69, 9.17) is 0 Å². The number of nitrogens with one attached hydrogen (secondary N) is 1. The van der Waals surface area contributed by atoms with E-state index < -0.39 is 0 Å². The average Bonchev–Trinajstić information content (AvgIpc) is 1.98. The Hall–Kier alpha value is 0.840. The van der Waals surface area contributed by atoms with Crippen molar-refractivity contribution in [2.24, 2.45) is 0 Å². The smallest absolute Gasteiger partial charge is 0.169 e. The molecule has 0 aromatic rings. The molecule has 1 N–H and O–H groups in total. The Bertz CT molecular complexity index is 164. The maximum atomic E-state index is 11.6. The average molecular weight is 239 g/mol. The first-order valence-corrected chi connectivity index (χ1v) is 6.78. The lowest BCUT2D eigenvalue weighted by molar-refractivity contribution is -0.112. The molecule has 0 saturated heterocycles. The van der Waals surface area contributed by atoms with Gasteiger partial charge in [0.25, 0.3) is 0 Å². The zero-order chi connectivity index (χ0) is 10.4. The lowest BCUT2D eigenvalue weighted by atomic mass is 10.4. The highest BCUT2D eigenvalue weighted by Gasteiger charge is 2.17. The van der Waals surface area contributed by atoms with Gasteiger partial charge in [-0.05, 0) is 21.2 Å². The Balaban J connectivity index is 3.99. The second kappa shape index (κ2) is 7.17. The fourth-order valence-electron chi connectivity index (χ4n) is 0.914. The second-order valence-electron chi connectivity index (χ2n) is 3.35. The molecule has 0 aromatic carbocycles. The van der Waals surface area contributed by atoms with Crippen LogP contribution in [0.3, 0.4) is 0 Å². The molecule has 0 aliphatic rings. The predicted octanol–water partition coefficient (Wildman–Crippen LogP) is 1.71. The van der Waals surface area contributed by atoms with Gasteiger partial charge in [-0.2, -0.15) is 12.6 Å². The van der Waals surface area contributed by atoms with Crippen LogP contribution in [0.2, 0.25) is 0 Å². The SMILES string of the molecule is CC(P)NC(CS)C(=O)PC(C)C. The van der Waals surface area contributed by atoms with Crippen molar-refractivity contribution in [3.63, 3.8) is 0 Å². The van der Waals surface area contributed by atoms with Crippen molar-refractivity contribution in [1.82, 2.24) is 5.32 Å². The third-order valence-corrected chi connectivity index (χ3v) is 3.16. The zero-order valence-electron chi connectivity index (χ0n) is 8.37. The van der Waals surface area contributed by atoms with Crippen LogP contribution in [-0.2, 0) is 4.79 Å². The number of carbonyl (C=O) groups excluding carboxylic acids is 1. The van der Waals surface area contributed by atoms with Crippen molar-refractivity contribution >= 4 is 36.0 Å².